The summed E-state index contributed by atoms with van der Waals surface area (Å²) in [5, 5.41) is 4.28. The van der Waals surface area contributed by atoms with E-state index in [1.54, 1.807) is 6.92 Å². The molecule has 0 aromatic rings. The minimum absolute atomic E-state index is 0. The Kier molecular flexibility index (Phi) is 44.6. The van der Waals surface area contributed by atoms with E-state index in [9.17, 15) is 105 Å². The SMILES string of the molecule is C.C.C.CC(=O)ON1C(=O)CC(S(=O)(=O)[O-])C1=O.COC(C)(OC)OC.COOOSC1CC(=O)N(OC(=O)ON2C(=O)CC(S(=O)(=O)OC)C2=O)C1=O.COS(=O)(=O)C1CC(=O)N(O)C1=O.COS(=O)(=O)C1CC(=O)N(OC(C)=O)C1=O.O=C(OC(Cl)(Cl)Cl)OC(Cl)(Cl)Cl.[Na+]. The maximum Gasteiger partial charge on any atom is 1.00 e. The summed E-state index contributed by atoms with van der Waals surface area (Å²) in [6.45, 7) is 3.60. The number of ether oxygens (including phenoxy) is 5. The third-order valence-corrected chi connectivity index (χ3v) is 16.8. The monoisotopic (exact) mass is 1620 g/mol. The molecule has 5 heterocycles. The number of nitrogens with zero attached hydrogens (tertiary/aromatic N) is 5. The van der Waals surface area contributed by atoms with Gasteiger partial charge >= 0.3 is 61.8 Å². The largest absolute Gasteiger partial charge is 1.00 e. The van der Waals surface area contributed by atoms with Gasteiger partial charge in [0.1, 0.15) is 20.6 Å². The van der Waals surface area contributed by atoms with Gasteiger partial charge < -0.3 is 37.9 Å². The average Bonchev–Trinajstić information content (AvgIpc) is 1.68. The van der Waals surface area contributed by atoms with Crippen LogP contribution in [0.5, 0.6) is 0 Å². The Balaban J connectivity index is -0.000000358. The van der Waals surface area contributed by atoms with Crippen molar-refractivity contribution < 1.29 is 210 Å². The Bertz CT molecular complexity index is 3260. The Morgan fingerprint density at radius 2 is 0.771 bits per heavy atom. The zero-order valence-corrected chi connectivity index (χ0v) is 59.0. The summed E-state index contributed by atoms with van der Waals surface area (Å²) < 4.78 is 134. The quantitative estimate of drug-likeness (QED) is 0.0115. The van der Waals surface area contributed by atoms with Gasteiger partial charge in [0.05, 0.1) is 60.5 Å². The summed E-state index contributed by atoms with van der Waals surface area (Å²) in [5.74, 6) is -13.8. The smallest absolute Gasteiger partial charge is 0.747 e. The number of carbonyl (C=O) groups is 14. The second-order valence-corrected chi connectivity index (χ2v) is 28.4. The second kappa shape index (κ2) is 42.7. The van der Waals surface area contributed by atoms with Crippen molar-refractivity contribution in [1.82, 2.24) is 25.3 Å². The van der Waals surface area contributed by atoms with Crippen LogP contribution in [0.1, 0.15) is 75.2 Å². The van der Waals surface area contributed by atoms with Gasteiger partial charge in [-0.3, -0.25) is 75.4 Å². The number of imide groups is 5. The maximum atomic E-state index is 12.0. The van der Waals surface area contributed by atoms with Crippen molar-refractivity contribution in [2.45, 2.75) is 115 Å². The normalized spacial score (nSPS) is 19.5. The van der Waals surface area contributed by atoms with Gasteiger partial charge in [-0.2, -0.15) is 35.1 Å². The van der Waals surface area contributed by atoms with Crippen molar-refractivity contribution >= 4 is 205 Å². The minimum Gasteiger partial charge on any atom is -0.747 e. The molecule has 1 N–H and O–H groups in total. The first-order valence-electron chi connectivity index (χ1n) is 22.7. The molecule has 0 aromatic carbocycles. The Labute approximate surface area is 601 Å². The van der Waals surface area contributed by atoms with E-state index in [-0.39, 0.29) is 77.2 Å². The van der Waals surface area contributed by atoms with E-state index in [2.05, 4.69) is 55.6 Å². The molecule has 5 aliphatic heterocycles. The molecule has 5 saturated heterocycles. The fourth-order valence-corrected chi connectivity index (χ4v) is 10.0. The molecule has 0 bridgehead atoms. The van der Waals surface area contributed by atoms with Gasteiger partial charge in [0.25, 0.3) is 95.4 Å². The molecule has 96 heavy (non-hydrogen) atoms. The molecule has 56 heteroatoms. The van der Waals surface area contributed by atoms with E-state index in [1.165, 1.54) is 21.3 Å². The molecule has 0 aliphatic carbocycles. The molecule has 0 saturated carbocycles. The zero-order valence-electron chi connectivity index (χ0n) is 48.4. The average molecular weight is 1630 g/mol. The molecule has 0 aromatic heterocycles. The Hall–Kier alpha value is -4.37. The third kappa shape index (κ3) is 31.9. The molecule has 0 spiro atoms. The van der Waals surface area contributed by atoms with Crippen molar-refractivity contribution in [1.29, 1.82) is 0 Å². The number of hydrogen-bond acceptors (Lipinski definition) is 40. The number of halogens is 6. The van der Waals surface area contributed by atoms with Crippen molar-refractivity contribution in [3.63, 3.8) is 0 Å². The first-order chi connectivity index (χ1) is 41.8. The van der Waals surface area contributed by atoms with Gasteiger partial charge in [0.2, 0.25) is 0 Å². The summed E-state index contributed by atoms with van der Waals surface area (Å²) in [7, 11) is -9.33. The van der Waals surface area contributed by atoms with E-state index in [0.717, 1.165) is 42.3 Å². The fourth-order valence-electron chi connectivity index (χ4n) is 5.60. The van der Waals surface area contributed by atoms with Crippen LogP contribution in [0.25, 0.3) is 0 Å². The number of methoxy groups -OCH3 is 3. The van der Waals surface area contributed by atoms with Crippen LogP contribution < -0.4 is 29.6 Å². The van der Waals surface area contributed by atoms with Gasteiger partial charge in [-0.1, -0.05) is 37.4 Å². The summed E-state index contributed by atoms with van der Waals surface area (Å²) in [6, 6.07) is 0. The van der Waals surface area contributed by atoms with Gasteiger partial charge in [-0.05, 0) is 69.6 Å². The first kappa shape index (κ1) is 100. The van der Waals surface area contributed by atoms with Crippen molar-refractivity contribution in [2.75, 3.05) is 49.8 Å². The van der Waals surface area contributed by atoms with E-state index < -0.39 is 196 Å². The van der Waals surface area contributed by atoms with Crippen molar-refractivity contribution in [2.24, 2.45) is 0 Å². The topological polar surface area (TPSA) is 573 Å². The van der Waals surface area contributed by atoms with Gasteiger partial charge in [-0.15, -0.1) is 14.5 Å². The number of rotatable bonds is 18. The second-order valence-electron chi connectivity index (χ2n) is 15.9. The molecular weight excluding hydrogens is 1570 g/mol. The fraction of sp³-hybridized carbons (Fsp3) is 0.650. The standard InChI is InChI=1S/C11H12N2O13S2.C7H9NO7S.C6H7NO7S.C5H7NO6S.C5H12O3.C3Cl6O3.3CH4.Na/c1-21-25-26-27-5-3-7(14)12(9(5)16)23-11(18)24-13-8(15)4-6(10(13)17)28(19,20)22-2;1-4(9)15-8-6(10)3-5(7(8)11)16(12,13)14-2;1-3(8)14-7-5(9)2-4(6(7)10)15(11,12)13;1-12-13(10,11)3-2-4(7)6(9)5(3)8;1-5(6-2,7-3)8-4;4-2(5,6)11-1(10)12-3(7,8)9;;;;/h5-6H,3-4H2,1-2H3;5H,3H2,1-2H3;4H,2H2,1H3,(H,11,12,13);3,9H,2H2,1H3;1-4H3;;3*1H4;/q;;;;;;;;;+1/p-1. The number of amides is 10. The Morgan fingerprint density at radius 1 is 0.479 bits per heavy atom. The van der Waals surface area contributed by atoms with E-state index in [1.807, 2.05) is 0 Å². The number of hydrogen-bond donors (Lipinski definition) is 1. The van der Waals surface area contributed by atoms with Crippen LogP contribution in [0.15, 0.2) is 0 Å². The molecule has 5 aliphatic rings. The van der Waals surface area contributed by atoms with Gasteiger partial charge in [0, 0.05) is 54.1 Å². The van der Waals surface area contributed by atoms with E-state index >= 15 is 0 Å². The van der Waals surface area contributed by atoms with Crippen LogP contribution in [0, 0.1) is 0 Å². The maximum absolute atomic E-state index is 12.0. The molecule has 0 radical (unpaired) electrons. The molecule has 5 fully saturated rings. The molecule has 44 nitrogen and oxygen atoms in total. The van der Waals surface area contributed by atoms with Crippen LogP contribution in [0.4, 0.5) is 9.59 Å². The van der Waals surface area contributed by atoms with E-state index in [0.29, 0.717) is 12.0 Å². The summed E-state index contributed by atoms with van der Waals surface area (Å²) in [6.07, 6.45) is -6.45. The summed E-state index contributed by atoms with van der Waals surface area (Å²) in [4.78, 5) is 178. The number of alkyl halides is 6. The first-order valence-corrected chi connectivity index (χ1v) is 31.7. The number of carbonyl (C=O) groups excluding carboxylic acids is 14. The van der Waals surface area contributed by atoms with Crippen LogP contribution in [0.2, 0.25) is 0 Å². The molecule has 5 unspecified atom stereocenters. The summed E-state index contributed by atoms with van der Waals surface area (Å²) in [5.41, 5.74) is 0. The number of hydroxylamine groups is 10. The predicted molar refractivity (Wildman–Crippen MR) is 306 cm³/mol. The van der Waals surface area contributed by atoms with Crippen LogP contribution in [-0.4, -0.2) is 242 Å². The van der Waals surface area contributed by atoms with E-state index in [4.69, 9.17) is 89.0 Å². The van der Waals surface area contributed by atoms with Crippen molar-refractivity contribution in [3.05, 3.63) is 0 Å². The van der Waals surface area contributed by atoms with Crippen LogP contribution in [0.3, 0.4) is 0 Å². The Morgan fingerprint density at radius 3 is 1.03 bits per heavy atom. The van der Waals surface area contributed by atoms with Gasteiger partial charge in [0.15, 0.2) is 15.7 Å². The molecule has 10 amide bonds. The molecular formula is C40H58Cl6N5NaO39S5. The minimum atomic E-state index is -4.91. The van der Waals surface area contributed by atoms with Crippen LogP contribution in [-0.2, 0) is 168 Å². The molecule has 550 valence electrons. The molecule has 5 atom stereocenters. The third-order valence-electron chi connectivity index (χ3n) is 9.95. The van der Waals surface area contributed by atoms with Gasteiger partial charge in [-0.25, -0.2) is 27.7 Å². The zero-order chi connectivity index (χ0) is 72.2. The predicted octanol–water partition coefficient (Wildman–Crippen LogP) is -3.15. The molecule has 5 rings (SSSR count). The summed E-state index contributed by atoms with van der Waals surface area (Å²) >= 11 is 30.6. The van der Waals surface area contributed by atoms with Crippen LogP contribution >= 0.6 is 81.6 Å². The van der Waals surface area contributed by atoms with Crippen molar-refractivity contribution in [3.8, 4) is 0 Å².